The zero-order valence-corrected chi connectivity index (χ0v) is 20.3. The highest BCUT2D eigenvalue weighted by atomic mass is 16.5. The third-order valence-corrected chi connectivity index (χ3v) is 5.44. The first kappa shape index (κ1) is 24.5. The van der Waals surface area contributed by atoms with Crippen LogP contribution < -0.4 is 27.1 Å². The lowest BCUT2D eigenvalue weighted by Gasteiger charge is -2.10. The van der Waals surface area contributed by atoms with Crippen molar-refractivity contribution in [2.75, 3.05) is 5.32 Å². The summed E-state index contributed by atoms with van der Waals surface area (Å²) in [6.07, 6.45) is 0. The fraction of sp³-hybridized carbons (Fsp3) is 0.185. The molecule has 0 atom stereocenters. The van der Waals surface area contributed by atoms with Gasteiger partial charge in [0.25, 0.3) is 0 Å². The Morgan fingerprint density at radius 1 is 0.917 bits per heavy atom. The van der Waals surface area contributed by atoms with Gasteiger partial charge in [-0.1, -0.05) is 29.8 Å². The van der Waals surface area contributed by atoms with Crippen molar-refractivity contribution in [3.63, 3.8) is 0 Å². The van der Waals surface area contributed by atoms with Crippen molar-refractivity contribution in [2.24, 2.45) is 4.99 Å². The van der Waals surface area contributed by atoms with Crippen LogP contribution in [-0.2, 0) is 17.9 Å². The molecule has 0 bridgehead atoms. The number of amides is 1. The molecule has 1 amide bonds. The van der Waals surface area contributed by atoms with Crippen LogP contribution in [0.2, 0.25) is 0 Å². The molecule has 0 aliphatic carbocycles. The first-order valence-electron chi connectivity index (χ1n) is 11.5. The molecule has 0 fully saturated rings. The SMILES string of the molecule is CCn1c(=O)[nH]/c(=N\c2ccc(Oc3ccc(NC(C)=O)cc3)cc2)n(Cc2ccc(C)cc2)c1=O. The highest BCUT2D eigenvalue weighted by Crippen LogP contribution is 2.25. The van der Waals surface area contributed by atoms with Gasteiger partial charge in [0.2, 0.25) is 11.5 Å². The van der Waals surface area contributed by atoms with Crippen molar-refractivity contribution in [1.82, 2.24) is 14.1 Å². The van der Waals surface area contributed by atoms with E-state index >= 15 is 0 Å². The van der Waals surface area contributed by atoms with Crippen LogP contribution in [0, 0.1) is 6.92 Å². The van der Waals surface area contributed by atoms with E-state index in [4.69, 9.17) is 4.74 Å². The van der Waals surface area contributed by atoms with Gasteiger partial charge >= 0.3 is 11.4 Å². The molecule has 0 aliphatic heterocycles. The topological polar surface area (TPSA) is 110 Å². The highest BCUT2D eigenvalue weighted by Gasteiger charge is 2.09. The van der Waals surface area contributed by atoms with E-state index in [0.717, 1.165) is 15.7 Å². The third kappa shape index (κ3) is 5.87. The molecule has 4 aromatic rings. The summed E-state index contributed by atoms with van der Waals surface area (Å²) in [4.78, 5) is 43.9. The number of benzene rings is 3. The lowest BCUT2D eigenvalue weighted by atomic mass is 10.1. The number of anilines is 1. The number of hydrogen-bond acceptors (Lipinski definition) is 5. The molecule has 3 aromatic carbocycles. The van der Waals surface area contributed by atoms with Gasteiger partial charge in [0.05, 0.1) is 12.2 Å². The molecule has 9 nitrogen and oxygen atoms in total. The van der Waals surface area contributed by atoms with Crippen LogP contribution in [-0.4, -0.2) is 20.0 Å². The van der Waals surface area contributed by atoms with Gasteiger partial charge in [-0.2, -0.15) is 0 Å². The molecule has 36 heavy (non-hydrogen) atoms. The van der Waals surface area contributed by atoms with Crippen molar-refractivity contribution in [3.05, 3.63) is 111 Å². The second-order valence-corrected chi connectivity index (χ2v) is 8.27. The zero-order chi connectivity index (χ0) is 25.7. The zero-order valence-electron chi connectivity index (χ0n) is 20.3. The molecule has 1 aromatic heterocycles. The molecule has 0 unspecified atom stereocenters. The third-order valence-electron chi connectivity index (χ3n) is 5.44. The molecule has 4 rings (SSSR count). The summed E-state index contributed by atoms with van der Waals surface area (Å²) in [5.74, 6) is 1.05. The maximum Gasteiger partial charge on any atom is 0.335 e. The maximum absolute atomic E-state index is 13.0. The van der Waals surface area contributed by atoms with Gasteiger partial charge in [0, 0.05) is 19.2 Å². The van der Waals surface area contributed by atoms with E-state index in [9.17, 15) is 14.4 Å². The molecule has 184 valence electrons. The summed E-state index contributed by atoms with van der Waals surface area (Å²) in [6, 6.07) is 21.8. The number of nitrogens with one attached hydrogen (secondary N) is 2. The van der Waals surface area contributed by atoms with Gasteiger partial charge in [-0.3, -0.25) is 14.3 Å². The Kier molecular flexibility index (Phi) is 7.29. The number of aromatic nitrogens is 3. The van der Waals surface area contributed by atoms with E-state index in [2.05, 4.69) is 15.3 Å². The number of hydrogen-bond donors (Lipinski definition) is 2. The minimum atomic E-state index is -0.510. The largest absolute Gasteiger partial charge is 0.457 e. The predicted molar refractivity (Wildman–Crippen MR) is 138 cm³/mol. The maximum atomic E-state index is 13.0. The quantitative estimate of drug-likeness (QED) is 0.416. The van der Waals surface area contributed by atoms with Crippen LogP contribution in [0.1, 0.15) is 25.0 Å². The molecule has 1 heterocycles. The van der Waals surface area contributed by atoms with Crippen LogP contribution >= 0.6 is 0 Å². The molecule has 2 N–H and O–H groups in total. The summed E-state index contributed by atoms with van der Waals surface area (Å²) >= 11 is 0. The summed E-state index contributed by atoms with van der Waals surface area (Å²) in [5, 5.41) is 2.71. The fourth-order valence-electron chi connectivity index (χ4n) is 3.60. The van der Waals surface area contributed by atoms with Gasteiger partial charge in [0.15, 0.2) is 0 Å². The number of carbonyl (C=O) groups excluding carboxylic acids is 1. The monoisotopic (exact) mass is 485 g/mol. The van der Waals surface area contributed by atoms with Crippen molar-refractivity contribution in [3.8, 4) is 11.5 Å². The lowest BCUT2D eigenvalue weighted by Crippen LogP contribution is -2.49. The van der Waals surface area contributed by atoms with Gasteiger partial charge < -0.3 is 10.1 Å². The number of aryl methyl sites for hydroxylation is 1. The normalized spacial score (nSPS) is 11.4. The molecule has 0 radical (unpaired) electrons. The molecule has 0 aliphatic rings. The van der Waals surface area contributed by atoms with Crippen molar-refractivity contribution >= 4 is 17.3 Å². The van der Waals surface area contributed by atoms with Crippen LogP contribution in [0.15, 0.2) is 87.4 Å². The van der Waals surface area contributed by atoms with Gasteiger partial charge in [-0.15, -0.1) is 0 Å². The number of carbonyl (C=O) groups is 1. The van der Waals surface area contributed by atoms with E-state index in [1.54, 1.807) is 55.5 Å². The summed E-state index contributed by atoms with van der Waals surface area (Å²) in [7, 11) is 0. The Bertz CT molecular complexity index is 1550. The van der Waals surface area contributed by atoms with Crippen molar-refractivity contribution in [2.45, 2.75) is 33.9 Å². The number of ether oxygens (including phenoxy) is 1. The van der Waals surface area contributed by atoms with E-state index in [1.807, 2.05) is 31.2 Å². The van der Waals surface area contributed by atoms with E-state index < -0.39 is 11.4 Å². The molecular formula is C27H27N5O4. The Labute approximate surface area is 207 Å². The van der Waals surface area contributed by atoms with E-state index in [-0.39, 0.29) is 24.6 Å². The molecule has 9 heteroatoms. The Morgan fingerprint density at radius 2 is 1.53 bits per heavy atom. The summed E-state index contributed by atoms with van der Waals surface area (Å²) in [5.41, 5.74) is 2.49. The summed E-state index contributed by atoms with van der Waals surface area (Å²) in [6.45, 7) is 5.71. The summed E-state index contributed by atoms with van der Waals surface area (Å²) < 4.78 is 8.45. The van der Waals surface area contributed by atoms with Crippen molar-refractivity contribution < 1.29 is 9.53 Å². The average molecular weight is 486 g/mol. The van der Waals surface area contributed by atoms with Gasteiger partial charge in [-0.25, -0.2) is 19.1 Å². The van der Waals surface area contributed by atoms with Gasteiger partial charge in [0.1, 0.15) is 11.5 Å². The first-order chi connectivity index (χ1) is 17.3. The smallest absolute Gasteiger partial charge is 0.335 e. The predicted octanol–water partition coefficient (Wildman–Crippen LogP) is 3.70. The fourth-order valence-corrected chi connectivity index (χ4v) is 3.60. The van der Waals surface area contributed by atoms with Crippen LogP contribution in [0.4, 0.5) is 11.4 Å². The lowest BCUT2D eigenvalue weighted by molar-refractivity contribution is -0.114. The standard InChI is InChI=1S/C27H27N5O4/c1-4-31-26(34)30-25(32(27(31)35)17-20-7-5-18(2)6-8-20)29-22-11-15-24(16-12-22)36-23-13-9-21(10-14-23)28-19(3)33/h5-16H,4,17H2,1-3H3,(H,28,33)(H,29,30,34). The Hall–Kier alpha value is -4.66. The number of H-pyrrole nitrogens is 1. The average Bonchev–Trinajstić information content (AvgIpc) is 2.85. The minimum absolute atomic E-state index is 0.142. The molecule has 0 spiro atoms. The Balaban J connectivity index is 1.62. The van der Waals surface area contributed by atoms with Crippen LogP contribution in [0.5, 0.6) is 11.5 Å². The second kappa shape index (κ2) is 10.7. The minimum Gasteiger partial charge on any atom is -0.457 e. The molecule has 0 saturated carbocycles. The first-order valence-corrected chi connectivity index (χ1v) is 11.5. The van der Waals surface area contributed by atoms with Crippen LogP contribution in [0.3, 0.4) is 0 Å². The number of aromatic amines is 1. The second-order valence-electron chi connectivity index (χ2n) is 8.27. The molecular weight excluding hydrogens is 458 g/mol. The van der Waals surface area contributed by atoms with E-state index in [0.29, 0.717) is 22.9 Å². The van der Waals surface area contributed by atoms with E-state index in [1.165, 1.54) is 11.5 Å². The number of nitrogens with zero attached hydrogens (tertiary/aromatic N) is 3. The Morgan fingerprint density at radius 3 is 2.11 bits per heavy atom. The van der Waals surface area contributed by atoms with Crippen LogP contribution in [0.25, 0.3) is 0 Å². The van der Waals surface area contributed by atoms with Gasteiger partial charge in [-0.05, 0) is 67.9 Å². The number of rotatable bonds is 7. The highest BCUT2D eigenvalue weighted by molar-refractivity contribution is 5.88. The van der Waals surface area contributed by atoms with Crippen molar-refractivity contribution in [1.29, 1.82) is 0 Å². The molecule has 0 saturated heterocycles.